The van der Waals surface area contributed by atoms with E-state index in [2.05, 4.69) is 15.6 Å². The average molecular weight is 281 g/mol. The molecule has 4 aromatic rings. The predicted molar refractivity (Wildman–Crippen MR) is 80.8 cm³/mol. The number of benzene rings is 1. The summed E-state index contributed by atoms with van der Waals surface area (Å²) in [6, 6.07) is 9.92. The molecule has 5 rings (SSSR count). The molecule has 3 aromatic heterocycles. The van der Waals surface area contributed by atoms with E-state index in [0.29, 0.717) is 6.54 Å². The van der Waals surface area contributed by atoms with Gasteiger partial charge in [0.1, 0.15) is 6.54 Å². The van der Waals surface area contributed by atoms with Crippen LogP contribution in [0, 0.1) is 0 Å². The monoisotopic (exact) mass is 281 g/mol. The number of hydrogen-bond acceptors (Lipinski definition) is 2. The first kappa shape index (κ1) is 8.17. The van der Waals surface area contributed by atoms with Crippen molar-refractivity contribution in [1.82, 2.24) is 9.55 Å². The summed E-state index contributed by atoms with van der Waals surface area (Å²) >= 11 is 1.60. The molecule has 0 spiro atoms. The molecule has 20 heavy (non-hydrogen) atoms. The van der Waals surface area contributed by atoms with E-state index in [-0.39, 0.29) is 0 Å². The van der Waals surface area contributed by atoms with Crippen LogP contribution in [0.2, 0.25) is 0 Å². The van der Waals surface area contributed by atoms with Crippen LogP contribution in [0.25, 0.3) is 31.8 Å². The zero-order chi connectivity index (χ0) is 15.8. The summed E-state index contributed by atoms with van der Waals surface area (Å²) in [6.45, 7) is -1.51. The molecule has 0 atom stereocenters. The maximum Gasteiger partial charge on any atom is 0.291 e. The fourth-order valence-electron chi connectivity index (χ4n) is 3.11. The molecule has 0 fully saturated rings. The first-order valence-electron chi connectivity index (χ1n) is 7.95. The summed E-state index contributed by atoms with van der Waals surface area (Å²) in [5.74, 6) is 0.778. The van der Waals surface area contributed by atoms with Crippen LogP contribution in [0.3, 0.4) is 0 Å². The Labute approximate surface area is 123 Å². The molecule has 1 aliphatic heterocycles. The van der Waals surface area contributed by atoms with E-state index in [4.69, 9.17) is 4.11 Å². The molecule has 0 amide bonds. The SMILES string of the molecule is [2H]C([2H])([2H])n1c2[n+](c3sc4cnccc4c31)Cc1ccccc1-2. The lowest BCUT2D eigenvalue weighted by molar-refractivity contribution is -0.644. The van der Waals surface area contributed by atoms with Gasteiger partial charge < -0.3 is 0 Å². The number of fused-ring (bicyclic) bond motifs is 7. The Morgan fingerprint density at radius 1 is 1.35 bits per heavy atom. The van der Waals surface area contributed by atoms with Crippen LogP contribution in [0.1, 0.15) is 9.68 Å². The topological polar surface area (TPSA) is 21.7 Å². The second-order valence-electron chi connectivity index (χ2n) is 5.03. The van der Waals surface area contributed by atoms with Crippen LogP contribution in [0.4, 0.5) is 0 Å². The highest BCUT2D eigenvalue weighted by atomic mass is 32.1. The largest absolute Gasteiger partial charge is 0.291 e. The third kappa shape index (κ3) is 1.11. The van der Waals surface area contributed by atoms with E-state index in [0.717, 1.165) is 37.4 Å². The van der Waals surface area contributed by atoms with Crippen molar-refractivity contribution in [2.75, 3.05) is 0 Å². The number of rotatable bonds is 0. The van der Waals surface area contributed by atoms with Crippen LogP contribution < -0.4 is 4.57 Å². The quantitative estimate of drug-likeness (QED) is 0.400. The maximum absolute atomic E-state index is 8.07. The number of aryl methyl sites for hydroxylation is 1. The van der Waals surface area contributed by atoms with Crippen LogP contribution in [-0.4, -0.2) is 9.55 Å². The standard InChI is InChI=1S/C16H12N3S/c1-18-14-12-6-7-17-8-13(12)20-16(14)19-9-10-4-2-3-5-11(10)15(18)19/h2-8H,9H2,1H3/q+1/i1D3. The van der Waals surface area contributed by atoms with Crippen molar-refractivity contribution in [2.45, 2.75) is 6.54 Å². The van der Waals surface area contributed by atoms with Gasteiger partial charge in [0.2, 0.25) is 4.83 Å². The highest BCUT2D eigenvalue weighted by Crippen LogP contribution is 2.37. The third-order valence-electron chi connectivity index (χ3n) is 3.97. The minimum Gasteiger partial charge on any atom is -0.263 e. The van der Waals surface area contributed by atoms with Gasteiger partial charge in [-0.05, 0) is 12.1 Å². The lowest BCUT2D eigenvalue weighted by atomic mass is 10.1. The van der Waals surface area contributed by atoms with Crippen LogP contribution in [0.15, 0.2) is 42.7 Å². The molecule has 1 aliphatic rings. The van der Waals surface area contributed by atoms with Gasteiger partial charge in [-0.15, -0.1) is 0 Å². The molecule has 4 heterocycles. The second kappa shape index (κ2) is 3.46. The van der Waals surface area contributed by atoms with Crippen LogP contribution >= 0.6 is 11.3 Å². The van der Waals surface area contributed by atoms with Gasteiger partial charge in [0.15, 0.2) is 5.52 Å². The molecule has 0 saturated heterocycles. The highest BCUT2D eigenvalue weighted by molar-refractivity contribution is 7.25. The van der Waals surface area contributed by atoms with E-state index < -0.39 is 6.98 Å². The third-order valence-corrected chi connectivity index (χ3v) is 5.12. The van der Waals surface area contributed by atoms with Crippen LogP contribution in [-0.2, 0) is 13.5 Å². The maximum atomic E-state index is 8.07. The van der Waals surface area contributed by atoms with Crippen molar-refractivity contribution in [2.24, 2.45) is 6.98 Å². The predicted octanol–water partition coefficient (Wildman–Crippen LogP) is 3.10. The molecule has 4 heteroatoms. The summed E-state index contributed by atoms with van der Waals surface area (Å²) in [7, 11) is 0. The van der Waals surface area contributed by atoms with E-state index in [9.17, 15) is 0 Å². The Hall–Kier alpha value is -2.20. The lowest BCUT2D eigenvalue weighted by Gasteiger charge is -1.95. The van der Waals surface area contributed by atoms with Crippen molar-refractivity contribution in [3.05, 3.63) is 48.3 Å². The van der Waals surface area contributed by atoms with Crippen molar-refractivity contribution in [1.29, 1.82) is 0 Å². The van der Waals surface area contributed by atoms with E-state index in [1.54, 1.807) is 23.7 Å². The molecule has 96 valence electrons. The molecule has 3 nitrogen and oxygen atoms in total. The number of pyridine rings is 1. The van der Waals surface area contributed by atoms with Gasteiger partial charge in [-0.1, -0.05) is 29.5 Å². The van der Waals surface area contributed by atoms with E-state index in [1.165, 1.54) is 4.57 Å². The molecular formula is C16H12N3S+. The molecule has 0 bridgehead atoms. The minimum absolute atomic E-state index is 0.714. The Bertz CT molecular complexity index is 1090. The van der Waals surface area contributed by atoms with E-state index >= 15 is 0 Å². The Morgan fingerprint density at radius 2 is 2.30 bits per heavy atom. The zero-order valence-electron chi connectivity index (χ0n) is 13.5. The van der Waals surface area contributed by atoms with Crippen molar-refractivity contribution in [3.63, 3.8) is 0 Å². The summed E-state index contributed by atoms with van der Waals surface area (Å²) < 4.78 is 28.9. The molecule has 0 aliphatic carbocycles. The van der Waals surface area contributed by atoms with Gasteiger partial charge in [0.25, 0.3) is 5.82 Å². The van der Waals surface area contributed by atoms with Gasteiger partial charge in [0, 0.05) is 23.3 Å². The minimum atomic E-state index is -2.23. The summed E-state index contributed by atoms with van der Waals surface area (Å²) in [4.78, 5) is 5.16. The molecular weight excluding hydrogens is 266 g/mol. The Kier molecular flexibility index (Phi) is 1.41. The summed E-state index contributed by atoms with van der Waals surface area (Å²) in [6.07, 6.45) is 3.52. The van der Waals surface area contributed by atoms with Crippen molar-refractivity contribution < 1.29 is 8.68 Å². The second-order valence-corrected chi connectivity index (χ2v) is 6.06. The molecule has 0 saturated carbocycles. The lowest BCUT2D eigenvalue weighted by Crippen LogP contribution is -2.30. The molecule has 0 unspecified atom stereocenters. The normalized spacial score (nSPS) is 15.9. The first-order valence-corrected chi connectivity index (χ1v) is 7.27. The van der Waals surface area contributed by atoms with E-state index in [1.807, 2.05) is 24.3 Å². The molecule has 0 radical (unpaired) electrons. The molecule has 1 aromatic carbocycles. The number of nitrogens with zero attached hydrogens (tertiary/aromatic N) is 3. The highest BCUT2D eigenvalue weighted by Gasteiger charge is 2.34. The van der Waals surface area contributed by atoms with Crippen molar-refractivity contribution in [3.8, 4) is 11.4 Å². The summed E-state index contributed by atoms with van der Waals surface area (Å²) in [5, 5.41) is 0.954. The first-order chi connectivity index (χ1) is 11.1. The average Bonchev–Trinajstić information content (AvgIpc) is 3.13. The van der Waals surface area contributed by atoms with Gasteiger partial charge in [-0.3, -0.25) is 4.98 Å². The van der Waals surface area contributed by atoms with Gasteiger partial charge in [0.05, 0.1) is 21.4 Å². The fraction of sp³-hybridized carbons (Fsp3) is 0.125. The Balaban J connectivity index is 2.01. The molecule has 0 N–H and O–H groups in total. The summed E-state index contributed by atoms with van der Waals surface area (Å²) in [5.41, 5.74) is 2.96. The number of hydrogen-bond donors (Lipinski definition) is 0. The van der Waals surface area contributed by atoms with Crippen molar-refractivity contribution >= 4 is 31.8 Å². The number of aromatic nitrogens is 3. The Morgan fingerprint density at radius 3 is 3.25 bits per heavy atom. The van der Waals surface area contributed by atoms with Crippen LogP contribution in [0.5, 0.6) is 0 Å². The number of thiophene rings is 1. The van der Waals surface area contributed by atoms with Gasteiger partial charge in [-0.25, -0.2) is 9.13 Å². The smallest absolute Gasteiger partial charge is 0.263 e. The zero-order valence-corrected chi connectivity index (χ0v) is 11.3. The van der Waals surface area contributed by atoms with Gasteiger partial charge >= 0.3 is 0 Å². The fourth-order valence-corrected chi connectivity index (χ4v) is 4.26. The number of imidazole rings is 1. The van der Waals surface area contributed by atoms with Gasteiger partial charge in [-0.2, -0.15) is 0 Å².